The van der Waals surface area contributed by atoms with Crippen LogP contribution >= 0.6 is 11.8 Å². The molecule has 0 spiro atoms. The topological polar surface area (TPSA) is 65.0 Å². The van der Waals surface area contributed by atoms with Crippen molar-refractivity contribution in [3.63, 3.8) is 0 Å². The molecule has 0 saturated heterocycles. The molecule has 0 radical (unpaired) electrons. The normalized spacial score (nSPS) is 24.3. The van der Waals surface area contributed by atoms with Crippen LogP contribution in [0.4, 0.5) is 0 Å². The third-order valence-corrected chi connectivity index (χ3v) is 7.03. The number of ether oxygens (including phenoxy) is 3. The number of aliphatic hydroxyl groups excluding tert-OH is 1. The molecule has 5 atom stereocenters. The van der Waals surface area contributed by atoms with Gasteiger partial charge in [-0.25, -0.2) is 0 Å². The highest BCUT2D eigenvalue weighted by Gasteiger charge is 2.49. The molecule has 4 rings (SSSR count). The van der Waals surface area contributed by atoms with E-state index < -0.39 is 29.7 Å². The van der Waals surface area contributed by atoms with Crippen LogP contribution in [0.25, 0.3) is 0 Å². The lowest BCUT2D eigenvalue weighted by Gasteiger charge is -2.45. The maximum absolute atomic E-state index is 11.4. The number of hydrogen-bond donors (Lipinski definition) is 1. The van der Waals surface area contributed by atoms with Crippen LogP contribution in [0.3, 0.4) is 0 Å². The van der Waals surface area contributed by atoms with Gasteiger partial charge in [0.1, 0.15) is 18.3 Å². The minimum atomic E-state index is -0.987. The number of carbonyl (C=O) groups is 1. The SMILES string of the molecule is C=C1[C@@H](OCc2ccccc2)[C@H](OCc2ccccc2)[C@@H](OCc2ccccc2)[C@H](O)[C@H]1SC=O. The van der Waals surface area contributed by atoms with E-state index in [0.717, 1.165) is 34.1 Å². The fraction of sp³-hybridized carbons (Fsp3) is 0.276. The summed E-state index contributed by atoms with van der Waals surface area (Å²) in [6.07, 6.45) is -2.89. The molecule has 0 unspecified atom stereocenters. The Kier molecular flexibility index (Phi) is 9.28. The maximum atomic E-state index is 11.4. The van der Waals surface area contributed by atoms with E-state index in [1.165, 1.54) is 0 Å². The Bertz CT molecular complexity index is 1060. The van der Waals surface area contributed by atoms with Crippen molar-refractivity contribution < 1.29 is 24.1 Å². The van der Waals surface area contributed by atoms with Crippen molar-refractivity contribution in [2.75, 3.05) is 0 Å². The molecule has 3 aromatic carbocycles. The molecule has 6 heteroatoms. The summed E-state index contributed by atoms with van der Waals surface area (Å²) in [5.74, 6) is 0. The molecule has 0 aliphatic heterocycles. The molecule has 35 heavy (non-hydrogen) atoms. The van der Waals surface area contributed by atoms with Crippen LogP contribution in [0, 0.1) is 0 Å². The molecule has 3 aromatic rings. The van der Waals surface area contributed by atoms with Crippen LogP contribution in [0.5, 0.6) is 0 Å². The van der Waals surface area contributed by atoms with Crippen LogP contribution in [-0.4, -0.2) is 40.4 Å². The van der Waals surface area contributed by atoms with Crippen LogP contribution in [0.2, 0.25) is 0 Å². The molecule has 0 bridgehead atoms. The van der Waals surface area contributed by atoms with Gasteiger partial charge in [0.25, 0.3) is 0 Å². The summed E-state index contributed by atoms with van der Waals surface area (Å²) in [5, 5.41) is 10.7. The van der Waals surface area contributed by atoms with Gasteiger partial charge >= 0.3 is 0 Å². The first kappa shape index (κ1) is 25.4. The van der Waals surface area contributed by atoms with E-state index in [1.54, 1.807) is 0 Å². The number of carbonyl (C=O) groups excluding carboxylic acids is 1. The highest BCUT2D eigenvalue weighted by atomic mass is 32.2. The van der Waals surface area contributed by atoms with Crippen molar-refractivity contribution in [2.45, 2.75) is 49.5 Å². The zero-order valence-electron chi connectivity index (χ0n) is 19.4. The second kappa shape index (κ2) is 12.8. The number of rotatable bonds is 11. The minimum absolute atomic E-state index is 0.296. The van der Waals surface area contributed by atoms with Gasteiger partial charge in [-0.1, -0.05) is 109 Å². The second-order valence-corrected chi connectivity index (χ2v) is 9.43. The summed E-state index contributed by atoms with van der Waals surface area (Å²) in [4.78, 5) is 11.4. The fourth-order valence-electron chi connectivity index (χ4n) is 4.23. The summed E-state index contributed by atoms with van der Waals surface area (Å²) in [6.45, 7) is 5.18. The Balaban J connectivity index is 1.59. The summed E-state index contributed by atoms with van der Waals surface area (Å²) in [6, 6.07) is 29.4. The van der Waals surface area contributed by atoms with Crippen LogP contribution in [0.15, 0.2) is 103 Å². The summed E-state index contributed by atoms with van der Waals surface area (Å²) in [5.41, 5.74) is 4.33. The van der Waals surface area contributed by atoms with Crippen molar-refractivity contribution in [1.29, 1.82) is 0 Å². The molecule has 5 nitrogen and oxygen atoms in total. The van der Waals surface area contributed by atoms with Crippen LogP contribution in [0.1, 0.15) is 16.7 Å². The van der Waals surface area contributed by atoms with E-state index in [0.29, 0.717) is 25.4 Å². The van der Waals surface area contributed by atoms with Gasteiger partial charge in [0.05, 0.1) is 31.2 Å². The minimum Gasteiger partial charge on any atom is -0.389 e. The van der Waals surface area contributed by atoms with Gasteiger partial charge < -0.3 is 19.3 Å². The first-order valence-corrected chi connectivity index (χ1v) is 12.5. The maximum Gasteiger partial charge on any atom is 0.176 e. The highest BCUT2D eigenvalue weighted by Crippen LogP contribution is 2.37. The molecule has 1 saturated carbocycles. The van der Waals surface area contributed by atoms with Crippen molar-refractivity contribution in [3.05, 3.63) is 120 Å². The number of hydrogen-bond acceptors (Lipinski definition) is 6. The molecule has 0 heterocycles. The van der Waals surface area contributed by atoms with Crippen molar-refractivity contribution in [2.24, 2.45) is 0 Å². The Labute approximate surface area is 210 Å². The lowest BCUT2D eigenvalue weighted by Crippen LogP contribution is -2.58. The standard InChI is InChI=1S/C29H30O5S/c1-21-26(32-17-22-11-5-2-6-12-22)28(34-19-24-15-9-4-10-16-24)27(25(31)29(21)35-20-30)33-18-23-13-7-3-8-14-23/h2-16,20,25-29,31H,1,17-19H2/t25-,26+,27-,28-,29-/m0/s1. The van der Waals surface area contributed by atoms with E-state index in [9.17, 15) is 9.90 Å². The summed E-state index contributed by atoms with van der Waals surface area (Å²) >= 11 is 0.990. The molecule has 1 aliphatic carbocycles. The third-order valence-electron chi connectivity index (χ3n) is 6.04. The van der Waals surface area contributed by atoms with E-state index in [-0.39, 0.29) is 0 Å². The average Bonchev–Trinajstić information content (AvgIpc) is 2.90. The van der Waals surface area contributed by atoms with Gasteiger partial charge in [-0.3, -0.25) is 4.79 Å². The van der Waals surface area contributed by atoms with Gasteiger partial charge in [0.2, 0.25) is 0 Å². The molecular formula is C29H30O5S. The number of thioether (sulfide) groups is 1. The highest BCUT2D eigenvalue weighted by molar-refractivity contribution is 8.12. The molecule has 1 aliphatic rings. The fourth-order valence-corrected chi connectivity index (χ4v) is 4.97. The Hall–Kier alpha value is -2.74. The van der Waals surface area contributed by atoms with Gasteiger partial charge in [-0.05, 0) is 22.3 Å². The number of benzene rings is 3. The van der Waals surface area contributed by atoms with Gasteiger partial charge in [-0.2, -0.15) is 0 Å². The van der Waals surface area contributed by atoms with E-state index in [2.05, 4.69) is 6.58 Å². The molecule has 1 N–H and O–H groups in total. The summed E-state index contributed by atoms with van der Waals surface area (Å²) in [7, 11) is 0. The number of aliphatic hydroxyl groups is 1. The predicted molar refractivity (Wildman–Crippen MR) is 138 cm³/mol. The van der Waals surface area contributed by atoms with Crippen molar-refractivity contribution in [1.82, 2.24) is 0 Å². The first-order chi connectivity index (χ1) is 17.2. The molecule has 0 aromatic heterocycles. The zero-order chi connectivity index (χ0) is 24.5. The van der Waals surface area contributed by atoms with Gasteiger partial charge in [0.15, 0.2) is 5.62 Å². The molecule has 182 valence electrons. The van der Waals surface area contributed by atoms with E-state index in [1.807, 2.05) is 91.0 Å². The monoisotopic (exact) mass is 490 g/mol. The Morgan fingerprint density at radius 3 is 1.60 bits per heavy atom. The van der Waals surface area contributed by atoms with Crippen molar-refractivity contribution >= 4 is 17.4 Å². The second-order valence-electron chi connectivity index (χ2n) is 8.46. The van der Waals surface area contributed by atoms with Gasteiger partial charge in [0, 0.05) is 0 Å². The lowest BCUT2D eigenvalue weighted by molar-refractivity contribution is -0.183. The Morgan fingerprint density at radius 2 is 1.14 bits per heavy atom. The molecule has 0 amide bonds. The van der Waals surface area contributed by atoms with E-state index >= 15 is 0 Å². The van der Waals surface area contributed by atoms with Crippen LogP contribution in [-0.2, 0) is 38.8 Å². The smallest absolute Gasteiger partial charge is 0.176 e. The van der Waals surface area contributed by atoms with Crippen molar-refractivity contribution in [3.8, 4) is 0 Å². The average molecular weight is 491 g/mol. The zero-order valence-corrected chi connectivity index (χ0v) is 20.3. The van der Waals surface area contributed by atoms with Gasteiger partial charge in [-0.15, -0.1) is 0 Å². The lowest BCUT2D eigenvalue weighted by atomic mass is 9.85. The third kappa shape index (κ3) is 6.69. The molecule has 1 fully saturated rings. The largest absolute Gasteiger partial charge is 0.389 e. The molecular weight excluding hydrogens is 460 g/mol. The van der Waals surface area contributed by atoms with E-state index in [4.69, 9.17) is 14.2 Å². The first-order valence-electron chi connectivity index (χ1n) is 11.6. The Morgan fingerprint density at radius 1 is 0.714 bits per heavy atom. The summed E-state index contributed by atoms with van der Waals surface area (Å²) < 4.78 is 19.0. The quantitative estimate of drug-likeness (QED) is 0.303. The predicted octanol–water partition coefficient (Wildman–Crippen LogP) is 4.97. The van der Waals surface area contributed by atoms with Crippen LogP contribution < -0.4 is 0 Å².